The van der Waals surface area contributed by atoms with E-state index in [2.05, 4.69) is 5.10 Å². The molecule has 116 valence electrons. The Morgan fingerprint density at radius 2 is 2.05 bits per heavy atom. The molecule has 1 saturated carbocycles. The molecule has 1 atom stereocenters. The molecular weight excluding hydrogens is 280 g/mol. The van der Waals surface area contributed by atoms with Gasteiger partial charge in [-0.2, -0.15) is 5.10 Å². The van der Waals surface area contributed by atoms with Gasteiger partial charge in [-0.3, -0.25) is 9.48 Å². The van der Waals surface area contributed by atoms with E-state index >= 15 is 0 Å². The molecule has 0 aromatic carbocycles. The van der Waals surface area contributed by atoms with E-state index in [9.17, 15) is 18.7 Å². The number of hydrogen-bond donors (Lipinski definition) is 1. The van der Waals surface area contributed by atoms with E-state index in [0.717, 1.165) is 23.4 Å². The van der Waals surface area contributed by atoms with E-state index in [1.807, 2.05) is 0 Å². The SMILES string of the molecule is Cc1cc(C(=O)N2CC(F)(F)C(O)C23CCCC3)nn1C. The highest BCUT2D eigenvalue weighted by Crippen LogP contribution is 2.49. The Bertz CT molecular complexity index is 559. The van der Waals surface area contributed by atoms with Crippen molar-refractivity contribution < 1.29 is 18.7 Å². The van der Waals surface area contributed by atoms with Crippen LogP contribution >= 0.6 is 0 Å². The summed E-state index contributed by atoms with van der Waals surface area (Å²) in [4.78, 5) is 13.8. The maximum absolute atomic E-state index is 14.0. The molecule has 1 aromatic heterocycles. The molecule has 1 N–H and O–H groups in total. The van der Waals surface area contributed by atoms with E-state index in [-0.39, 0.29) is 5.69 Å². The minimum Gasteiger partial charge on any atom is -0.384 e. The van der Waals surface area contributed by atoms with Crippen molar-refractivity contribution in [2.45, 2.75) is 50.2 Å². The molecule has 2 fully saturated rings. The molecule has 21 heavy (non-hydrogen) atoms. The smallest absolute Gasteiger partial charge is 0.292 e. The minimum atomic E-state index is -3.26. The molecule has 1 amide bonds. The third-order valence-electron chi connectivity index (χ3n) is 4.86. The summed E-state index contributed by atoms with van der Waals surface area (Å²) >= 11 is 0. The maximum Gasteiger partial charge on any atom is 0.292 e. The zero-order valence-corrected chi connectivity index (χ0v) is 12.1. The van der Waals surface area contributed by atoms with Crippen LogP contribution in [-0.4, -0.2) is 49.8 Å². The molecule has 1 aliphatic heterocycles. The first-order chi connectivity index (χ1) is 9.78. The quantitative estimate of drug-likeness (QED) is 0.855. The number of aryl methyl sites for hydroxylation is 2. The van der Waals surface area contributed by atoms with Gasteiger partial charge in [-0.15, -0.1) is 0 Å². The van der Waals surface area contributed by atoms with Gasteiger partial charge in [0.05, 0.1) is 12.1 Å². The topological polar surface area (TPSA) is 58.4 Å². The molecule has 1 aromatic rings. The fourth-order valence-electron chi connectivity index (χ4n) is 3.60. The number of rotatable bonds is 1. The van der Waals surface area contributed by atoms with E-state index in [1.54, 1.807) is 24.7 Å². The number of aliphatic hydroxyl groups excluding tert-OH is 1. The average Bonchev–Trinajstić information content (AvgIpc) is 3.07. The number of alkyl halides is 2. The highest BCUT2D eigenvalue weighted by molar-refractivity contribution is 5.93. The van der Waals surface area contributed by atoms with Crippen molar-refractivity contribution in [3.8, 4) is 0 Å². The number of hydrogen-bond acceptors (Lipinski definition) is 3. The van der Waals surface area contributed by atoms with E-state index in [4.69, 9.17) is 0 Å². The van der Waals surface area contributed by atoms with E-state index in [0.29, 0.717) is 12.8 Å². The van der Waals surface area contributed by atoms with Crippen LogP contribution in [0.4, 0.5) is 8.78 Å². The van der Waals surface area contributed by atoms with Crippen LogP contribution in [0.3, 0.4) is 0 Å². The van der Waals surface area contributed by atoms with Gasteiger partial charge in [0.1, 0.15) is 6.10 Å². The monoisotopic (exact) mass is 299 g/mol. The Hall–Kier alpha value is -1.50. The van der Waals surface area contributed by atoms with Crippen LogP contribution in [0.1, 0.15) is 41.9 Å². The van der Waals surface area contributed by atoms with Crippen molar-refractivity contribution in [1.82, 2.24) is 14.7 Å². The number of halogens is 2. The highest BCUT2D eigenvalue weighted by Gasteiger charge is 2.64. The number of carbonyl (C=O) groups excluding carboxylic acids is 1. The van der Waals surface area contributed by atoms with Gasteiger partial charge in [0, 0.05) is 12.7 Å². The third kappa shape index (κ3) is 1.97. The molecule has 1 unspecified atom stereocenters. The second-order valence-corrected chi connectivity index (χ2v) is 6.16. The Morgan fingerprint density at radius 3 is 2.57 bits per heavy atom. The number of aromatic nitrogens is 2. The summed E-state index contributed by atoms with van der Waals surface area (Å²) < 4.78 is 29.5. The van der Waals surface area contributed by atoms with Crippen molar-refractivity contribution in [2.75, 3.05) is 6.54 Å². The summed E-state index contributed by atoms with van der Waals surface area (Å²) in [5.41, 5.74) is -0.192. The largest absolute Gasteiger partial charge is 0.384 e. The molecule has 1 saturated heterocycles. The third-order valence-corrected chi connectivity index (χ3v) is 4.86. The molecular formula is C14H19F2N3O2. The van der Waals surface area contributed by atoms with Crippen LogP contribution in [0.25, 0.3) is 0 Å². The molecule has 0 bridgehead atoms. The van der Waals surface area contributed by atoms with Gasteiger partial charge in [-0.25, -0.2) is 8.78 Å². The molecule has 0 radical (unpaired) electrons. The standard InChI is InChI=1S/C14H19F2N3O2/c1-9-7-10(17-18(9)2)11(20)19-8-14(15,16)12(21)13(19)5-3-4-6-13/h7,12,21H,3-6,8H2,1-2H3. The number of likely N-dealkylation sites (tertiary alicyclic amines) is 1. The lowest BCUT2D eigenvalue weighted by atomic mass is 9.90. The second kappa shape index (κ2) is 4.50. The summed E-state index contributed by atoms with van der Waals surface area (Å²) in [5.74, 6) is -3.78. The molecule has 7 heteroatoms. The zero-order chi connectivity index (χ0) is 15.4. The lowest BCUT2D eigenvalue weighted by molar-refractivity contribution is -0.0959. The second-order valence-electron chi connectivity index (χ2n) is 6.16. The Balaban J connectivity index is 1.98. The highest BCUT2D eigenvalue weighted by atomic mass is 19.3. The Labute approximate surface area is 121 Å². The van der Waals surface area contributed by atoms with Gasteiger partial charge in [-0.1, -0.05) is 12.8 Å². The summed E-state index contributed by atoms with van der Waals surface area (Å²) in [6.07, 6.45) is 0.542. The first-order valence-corrected chi connectivity index (χ1v) is 7.16. The van der Waals surface area contributed by atoms with Crippen LogP contribution < -0.4 is 0 Å². The van der Waals surface area contributed by atoms with E-state index < -0.39 is 30.0 Å². The number of nitrogens with zero attached hydrogens (tertiary/aromatic N) is 3. The van der Waals surface area contributed by atoms with Gasteiger partial charge in [0.25, 0.3) is 11.8 Å². The fourth-order valence-corrected chi connectivity index (χ4v) is 3.60. The van der Waals surface area contributed by atoms with Gasteiger partial charge in [-0.05, 0) is 25.8 Å². The molecule has 3 rings (SSSR count). The van der Waals surface area contributed by atoms with Crippen molar-refractivity contribution in [2.24, 2.45) is 7.05 Å². The van der Waals surface area contributed by atoms with Gasteiger partial charge < -0.3 is 10.0 Å². The normalized spacial score (nSPS) is 26.7. The summed E-state index contributed by atoms with van der Waals surface area (Å²) in [5, 5.41) is 14.1. The predicted molar refractivity (Wildman–Crippen MR) is 71.1 cm³/mol. The summed E-state index contributed by atoms with van der Waals surface area (Å²) in [6, 6.07) is 1.59. The lowest BCUT2D eigenvalue weighted by Gasteiger charge is -2.36. The van der Waals surface area contributed by atoms with Crippen LogP contribution in [0, 0.1) is 6.92 Å². The van der Waals surface area contributed by atoms with Crippen molar-refractivity contribution in [3.63, 3.8) is 0 Å². The number of aliphatic hydroxyl groups is 1. The maximum atomic E-state index is 14.0. The molecule has 1 spiro atoms. The Kier molecular flexibility index (Phi) is 3.09. The van der Waals surface area contributed by atoms with E-state index in [1.165, 1.54) is 0 Å². The Morgan fingerprint density at radius 1 is 1.43 bits per heavy atom. The molecule has 5 nitrogen and oxygen atoms in total. The zero-order valence-electron chi connectivity index (χ0n) is 12.1. The van der Waals surface area contributed by atoms with Crippen LogP contribution in [0.2, 0.25) is 0 Å². The number of carbonyl (C=O) groups is 1. The predicted octanol–water partition coefficient (Wildman–Crippen LogP) is 1.49. The lowest BCUT2D eigenvalue weighted by Crippen LogP contribution is -2.52. The van der Waals surface area contributed by atoms with Gasteiger partial charge >= 0.3 is 0 Å². The molecule has 2 aliphatic rings. The molecule has 2 heterocycles. The number of amides is 1. The first-order valence-electron chi connectivity index (χ1n) is 7.16. The van der Waals surface area contributed by atoms with Gasteiger partial charge in [0.15, 0.2) is 5.69 Å². The first kappa shape index (κ1) is 14.4. The van der Waals surface area contributed by atoms with Crippen LogP contribution in [-0.2, 0) is 7.05 Å². The van der Waals surface area contributed by atoms with Crippen molar-refractivity contribution in [3.05, 3.63) is 17.5 Å². The van der Waals surface area contributed by atoms with Crippen LogP contribution in [0.5, 0.6) is 0 Å². The molecule has 1 aliphatic carbocycles. The van der Waals surface area contributed by atoms with Gasteiger partial charge in [0.2, 0.25) is 0 Å². The fraction of sp³-hybridized carbons (Fsp3) is 0.714. The van der Waals surface area contributed by atoms with Crippen molar-refractivity contribution in [1.29, 1.82) is 0 Å². The summed E-state index contributed by atoms with van der Waals surface area (Å²) in [6.45, 7) is 1.06. The van der Waals surface area contributed by atoms with Crippen molar-refractivity contribution >= 4 is 5.91 Å². The minimum absolute atomic E-state index is 0.158. The van der Waals surface area contributed by atoms with Crippen LogP contribution in [0.15, 0.2) is 6.07 Å². The average molecular weight is 299 g/mol. The summed E-state index contributed by atoms with van der Waals surface area (Å²) in [7, 11) is 1.70.